The van der Waals surface area contributed by atoms with Crippen molar-refractivity contribution in [2.75, 3.05) is 31.6 Å². The van der Waals surface area contributed by atoms with Crippen molar-refractivity contribution < 1.29 is 9.53 Å². The van der Waals surface area contributed by atoms with Crippen LogP contribution < -0.4 is 21.5 Å². The molecule has 0 radical (unpaired) electrons. The summed E-state index contributed by atoms with van der Waals surface area (Å²) in [7, 11) is 1.53. The molecule has 0 aliphatic carbocycles. The lowest BCUT2D eigenvalue weighted by Crippen LogP contribution is -2.40. The van der Waals surface area contributed by atoms with Gasteiger partial charge < -0.3 is 15.0 Å². The van der Waals surface area contributed by atoms with Crippen molar-refractivity contribution in [1.29, 1.82) is 0 Å². The quantitative estimate of drug-likeness (QED) is 0.521. The molecule has 1 aromatic heterocycles. The first-order chi connectivity index (χ1) is 9.40. The van der Waals surface area contributed by atoms with Crippen molar-refractivity contribution in [2.45, 2.75) is 20.0 Å². The third-order valence-electron chi connectivity index (χ3n) is 2.31. The van der Waals surface area contributed by atoms with Gasteiger partial charge in [-0.2, -0.15) is 0 Å². The molecule has 1 heterocycles. The number of carbonyl (C=O) groups excluding carboxylic acids is 1. The lowest BCUT2D eigenvalue weighted by atomic mass is 10.4. The fourth-order valence-corrected chi connectivity index (χ4v) is 1.43. The van der Waals surface area contributed by atoms with Gasteiger partial charge in [-0.3, -0.25) is 14.6 Å². The van der Waals surface area contributed by atoms with Gasteiger partial charge >= 0.3 is 5.69 Å². The maximum atomic E-state index is 11.6. The first kappa shape index (κ1) is 15.9. The van der Waals surface area contributed by atoms with Crippen LogP contribution in [0.3, 0.4) is 0 Å². The van der Waals surface area contributed by atoms with Crippen LogP contribution in [0.4, 0.5) is 5.82 Å². The van der Waals surface area contributed by atoms with E-state index < -0.39 is 11.2 Å². The number of amides is 1. The van der Waals surface area contributed by atoms with Crippen LogP contribution in [-0.2, 0) is 9.53 Å². The number of rotatable bonds is 7. The average molecular weight is 285 g/mol. The second-order valence-corrected chi connectivity index (χ2v) is 4.46. The van der Waals surface area contributed by atoms with E-state index in [4.69, 9.17) is 4.74 Å². The highest BCUT2D eigenvalue weighted by atomic mass is 16.5. The normalized spacial score (nSPS) is 10.6. The molecular weight excluding hydrogens is 266 g/mol. The number of nitrogens with one attached hydrogen (secondary N) is 3. The predicted octanol–water partition coefficient (Wildman–Crippen LogP) is -1.56. The van der Waals surface area contributed by atoms with Crippen molar-refractivity contribution in [2.24, 2.45) is 0 Å². The van der Waals surface area contributed by atoms with Crippen LogP contribution in [0, 0.1) is 0 Å². The third kappa shape index (κ3) is 5.22. The SMILES string of the molecule is CC(C)OCCNC(=O)CN(C)c1n[nH]c(=O)[nH]c1=O. The van der Waals surface area contributed by atoms with Crippen molar-refractivity contribution in [1.82, 2.24) is 20.5 Å². The summed E-state index contributed by atoms with van der Waals surface area (Å²) in [6, 6.07) is 0. The minimum Gasteiger partial charge on any atom is -0.377 e. The van der Waals surface area contributed by atoms with Gasteiger partial charge in [-0.25, -0.2) is 9.89 Å². The molecule has 1 aromatic rings. The Labute approximate surface area is 115 Å². The standard InChI is InChI=1S/C11H19N5O4/c1-7(2)20-5-4-12-8(17)6-16(3)9-10(18)13-11(19)15-14-9/h7H,4-6H2,1-3H3,(H,12,17)(H2,13,15,18,19). The Morgan fingerprint density at radius 1 is 1.45 bits per heavy atom. The number of aromatic amines is 2. The van der Waals surface area contributed by atoms with Crippen LogP contribution in [0.25, 0.3) is 0 Å². The van der Waals surface area contributed by atoms with E-state index in [0.717, 1.165) is 0 Å². The van der Waals surface area contributed by atoms with Crippen LogP contribution in [-0.4, -0.2) is 53.9 Å². The molecule has 0 aliphatic rings. The molecule has 0 bridgehead atoms. The average Bonchev–Trinajstić information content (AvgIpc) is 2.34. The summed E-state index contributed by atoms with van der Waals surface area (Å²) < 4.78 is 5.28. The lowest BCUT2D eigenvalue weighted by molar-refractivity contribution is -0.120. The van der Waals surface area contributed by atoms with Crippen molar-refractivity contribution in [3.8, 4) is 0 Å². The molecule has 0 aromatic carbocycles. The summed E-state index contributed by atoms with van der Waals surface area (Å²) in [5.41, 5.74) is -1.34. The number of hydrogen-bond acceptors (Lipinski definition) is 6. The van der Waals surface area contributed by atoms with Crippen LogP contribution in [0.1, 0.15) is 13.8 Å². The summed E-state index contributed by atoms with van der Waals surface area (Å²) in [6.45, 7) is 4.57. The van der Waals surface area contributed by atoms with Crippen molar-refractivity contribution in [3.05, 3.63) is 20.8 Å². The predicted molar refractivity (Wildman–Crippen MR) is 72.8 cm³/mol. The number of H-pyrrole nitrogens is 2. The van der Waals surface area contributed by atoms with E-state index in [2.05, 4.69) is 15.5 Å². The Kier molecular flexibility index (Phi) is 5.91. The second-order valence-electron chi connectivity index (χ2n) is 4.46. The second kappa shape index (κ2) is 7.43. The van der Waals surface area contributed by atoms with Gasteiger partial charge in [0.1, 0.15) is 0 Å². The Hall–Kier alpha value is -2.16. The zero-order chi connectivity index (χ0) is 15.1. The van der Waals surface area contributed by atoms with E-state index in [-0.39, 0.29) is 24.4 Å². The van der Waals surface area contributed by atoms with Crippen molar-refractivity contribution >= 4 is 11.7 Å². The molecule has 1 amide bonds. The molecule has 0 saturated carbocycles. The zero-order valence-corrected chi connectivity index (χ0v) is 11.7. The zero-order valence-electron chi connectivity index (χ0n) is 11.7. The number of likely N-dealkylation sites (N-methyl/N-ethyl adjacent to an activating group) is 1. The summed E-state index contributed by atoms with van der Waals surface area (Å²) in [5, 5.41) is 8.35. The van der Waals surface area contributed by atoms with Gasteiger partial charge in [0, 0.05) is 13.6 Å². The molecular formula is C11H19N5O4. The van der Waals surface area contributed by atoms with E-state index in [0.29, 0.717) is 13.2 Å². The molecule has 9 nitrogen and oxygen atoms in total. The van der Waals surface area contributed by atoms with E-state index >= 15 is 0 Å². The van der Waals surface area contributed by atoms with Crippen molar-refractivity contribution in [3.63, 3.8) is 0 Å². The maximum absolute atomic E-state index is 11.6. The molecule has 0 fully saturated rings. The van der Waals surface area contributed by atoms with Crippen LogP contribution in [0.15, 0.2) is 9.59 Å². The Bertz CT molecular complexity index is 550. The number of carbonyl (C=O) groups is 1. The highest BCUT2D eigenvalue weighted by Crippen LogP contribution is 1.95. The van der Waals surface area contributed by atoms with E-state index in [1.165, 1.54) is 11.9 Å². The molecule has 9 heteroatoms. The number of hydrogen-bond donors (Lipinski definition) is 3. The minimum absolute atomic E-state index is 0.0295. The molecule has 0 atom stereocenters. The number of nitrogens with zero attached hydrogens (tertiary/aromatic N) is 2. The monoisotopic (exact) mass is 285 g/mol. The first-order valence-electron chi connectivity index (χ1n) is 6.18. The van der Waals surface area contributed by atoms with Crippen LogP contribution in [0.2, 0.25) is 0 Å². The molecule has 1 rings (SSSR count). The molecule has 0 aliphatic heterocycles. The minimum atomic E-state index is -0.692. The third-order valence-corrected chi connectivity index (χ3v) is 2.31. The molecule has 0 spiro atoms. The van der Waals surface area contributed by atoms with Gasteiger partial charge in [0.15, 0.2) is 0 Å². The van der Waals surface area contributed by atoms with Gasteiger partial charge in [-0.05, 0) is 13.8 Å². The highest BCUT2D eigenvalue weighted by Gasteiger charge is 2.12. The maximum Gasteiger partial charge on any atom is 0.342 e. The Balaban J connectivity index is 2.45. The van der Waals surface area contributed by atoms with E-state index in [1.54, 1.807) is 0 Å². The van der Waals surface area contributed by atoms with Crippen LogP contribution in [0.5, 0.6) is 0 Å². The number of anilines is 1. The summed E-state index contributed by atoms with van der Waals surface area (Å²) >= 11 is 0. The first-order valence-corrected chi connectivity index (χ1v) is 6.18. The van der Waals surface area contributed by atoms with Crippen LogP contribution >= 0.6 is 0 Å². The van der Waals surface area contributed by atoms with Gasteiger partial charge in [0.25, 0.3) is 5.56 Å². The Morgan fingerprint density at radius 2 is 2.15 bits per heavy atom. The van der Waals surface area contributed by atoms with Gasteiger partial charge in [-0.15, -0.1) is 5.10 Å². The van der Waals surface area contributed by atoms with Gasteiger partial charge in [0.05, 0.1) is 19.3 Å². The fourth-order valence-electron chi connectivity index (χ4n) is 1.43. The molecule has 20 heavy (non-hydrogen) atoms. The van der Waals surface area contributed by atoms with E-state index in [9.17, 15) is 14.4 Å². The smallest absolute Gasteiger partial charge is 0.342 e. The highest BCUT2D eigenvalue weighted by molar-refractivity contribution is 5.80. The summed E-state index contributed by atoms with van der Waals surface area (Å²) in [6.07, 6.45) is 0.110. The lowest BCUT2D eigenvalue weighted by Gasteiger charge is -2.16. The Morgan fingerprint density at radius 3 is 2.75 bits per heavy atom. The molecule has 112 valence electrons. The summed E-state index contributed by atoms with van der Waals surface area (Å²) in [5.74, 6) is -0.301. The number of ether oxygens (including phenoxy) is 1. The van der Waals surface area contributed by atoms with Gasteiger partial charge in [0.2, 0.25) is 11.7 Å². The fraction of sp³-hybridized carbons (Fsp3) is 0.636. The number of aromatic nitrogens is 3. The topological polar surface area (TPSA) is 120 Å². The largest absolute Gasteiger partial charge is 0.377 e. The van der Waals surface area contributed by atoms with E-state index in [1.807, 2.05) is 18.8 Å². The molecule has 0 unspecified atom stereocenters. The summed E-state index contributed by atoms with van der Waals surface area (Å²) in [4.78, 5) is 37.3. The molecule has 0 saturated heterocycles. The van der Waals surface area contributed by atoms with Gasteiger partial charge in [-0.1, -0.05) is 0 Å². The molecule has 3 N–H and O–H groups in total.